The summed E-state index contributed by atoms with van der Waals surface area (Å²) < 4.78 is 0. The molecule has 180 valence electrons. The van der Waals surface area contributed by atoms with Crippen molar-refractivity contribution in [3.8, 4) is 0 Å². The Morgan fingerprint density at radius 2 is 0.267 bits per heavy atom. The van der Waals surface area contributed by atoms with E-state index in [-0.39, 0.29) is 32.5 Å². The SMILES string of the molecule is CC(C)(C)C1C(C(C)(C)C)C(C(C)(C)C)C(C(C)(C)C)C(C(C)(C)C)C1C(C)(C)C. The Hall–Kier alpha value is 0. The predicted molar refractivity (Wildman–Crippen MR) is 138 cm³/mol. The largest absolute Gasteiger partial charge is 0.0599 e. The van der Waals surface area contributed by atoms with Crippen LogP contribution in [0.3, 0.4) is 0 Å². The van der Waals surface area contributed by atoms with Crippen LogP contribution in [0.25, 0.3) is 0 Å². The second-order valence-corrected chi connectivity index (χ2v) is 17.4. The molecule has 0 aromatic carbocycles. The van der Waals surface area contributed by atoms with Crippen molar-refractivity contribution in [2.75, 3.05) is 0 Å². The van der Waals surface area contributed by atoms with Crippen LogP contribution in [-0.4, -0.2) is 0 Å². The molecular formula is C30H60. The first kappa shape index (κ1) is 28.0. The van der Waals surface area contributed by atoms with Gasteiger partial charge in [-0.2, -0.15) is 0 Å². The molecule has 0 aliphatic heterocycles. The highest BCUT2D eigenvalue weighted by molar-refractivity contribution is 5.11. The quantitative estimate of drug-likeness (QED) is 0.365. The summed E-state index contributed by atoms with van der Waals surface area (Å²) in [5.41, 5.74) is 1.70. The number of hydrogen-bond acceptors (Lipinski definition) is 0. The lowest BCUT2D eigenvalue weighted by Crippen LogP contribution is -2.64. The summed E-state index contributed by atoms with van der Waals surface area (Å²) in [4.78, 5) is 0. The smallest absolute Gasteiger partial charge is 0.0293 e. The predicted octanol–water partition coefficient (Wildman–Crippen LogP) is 9.97. The molecule has 0 aromatic rings. The lowest BCUT2D eigenvalue weighted by molar-refractivity contribution is -0.213. The first-order valence-electron chi connectivity index (χ1n) is 12.7. The van der Waals surface area contributed by atoms with Crippen LogP contribution >= 0.6 is 0 Å². The van der Waals surface area contributed by atoms with E-state index in [0.717, 1.165) is 0 Å². The normalized spacial score (nSPS) is 33.0. The molecule has 1 aliphatic carbocycles. The zero-order valence-corrected chi connectivity index (χ0v) is 24.5. The third kappa shape index (κ3) is 5.67. The fraction of sp³-hybridized carbons (Fsp3) is 1.00. The van der Waals surface area contributed by atoms with E-state index in [1.165, 1.54) is 0 Å². The van der Waals surface area contributed by atoms with Crippen molar-refractivity contribution in [1.82, 2.24) is 0 Å². The summed E-state index contributed by atoms with van der Waals surface area (Å²) >= 11 is 0. The summed E-state index contributed by atoms with van der Waals surface area (Å²) in [6.45, 7) is 45.6. The third-order valence-corrected chi connectivity index (χ3v) is 8.32. The van der Waals surface area contributed by atoms with Crippen molar-refractivity contribution in [2.24, 2.45) is 68.0 Å². The van der Waals surface area contributed by atoms with Crippen LogP contribution in [0.1, 0.15) is 125 Å². The molecule has 0 heterocycles. The molecule has 0 radical (unpaired) electrons. The van der Waals surface area contributed by atoms with Crippen molar-refractivity contribution in [1.29, 1.82) is 0 Å². The topological polar surface area (TPSA) is 0 Å². The molecule has 1 aliphatic rings. The standard InChI is InChI=1S/C30H60/c1-25(2,3)19-20(26(4,5)6)22(28(10,11)12)24(30(16,17)18)23(29(13,14)15)21(19)27(7,8)9/h19-24H,1-18H3. The van der Waals surface area contributed by atoms with Gasteiger partial charge in [0.2, 0.25) is 0 Å². The van der Waals surface area contributed by atoms with E-state index in [2.05, 4.69) is 125 Å². The second-order valence-electron chi connectivity index (χ2n) is 17.4. The Labute approximate surface area is 192 Å². The molecule has 0 N–H and O–H groups in total. The first-order chi connectivity index (χ1) is 12.7. The molecular weight excluding hydrogens is 360 g/mol. The minimum atomic E-state index is 0.283. The Morgan fingerprint density at radius 3 is 0.300 bits per heavy atom. The van der Waals surface area contributed by atoms with Gasteiger partial charge in [0.05, 0.1) is 0 Å². The zero-order chi connectivity index (χ0) is 24.5. The Balaban J connectivity index is 4.17. The molecule has 0 spiro atoms. The highest BCUT2D eigenvalue weighted by atomic mass is 14.7. The van der Waals surface area contributed by atoms with E-state index in [0.29, 0.717) is 35.5 Å². The van der Waals surface area contributed by atoms with Gasteiger partial charge in [0.1, 0.15) is 0 Å². The van der Waals surface area contributed by atoms with Crippen molar-refractivity contribution >= 4 is 0 Å². The molecule has 0 aromatic heterocycles. The molecule has 0 amide bonds. The number of rotatable bonds is 0. The Kier molecular flexibility index (Phi) is 7.29. The van der Waals surface area contributed by atoms with Crippen molar-refractivity contribution < 1.29 is 0 Å². The second kappa shape index (κ2) is 7.80. The van der Waals surface area contributed by atoms with Gasteiger partial charge in [-0.1, -0.05) is 125 Å². The maximum Gasteiger partial charge on any atom is -0.0293 e. The van der Waals surface area contributed by atoms with Gasteiger partial charge < -0.3 is 0 Å². The summed E-state index contributed by atoms with van der Waals surface area (Å²) in [7, 11) is 0. The van der Waals surface area contributed by atoms with Crippen LogP contribution in [0.5, 0.6) is 0 Å². The highest BCUT2D eigenvalue weighted by Gasteiger charge is 2.64. The minimum absolute atomic E-state index is 0.283. The fourth-order valence-electron chi connectivity index (χ4n) is 7.80. The maximum absolute atomic E-state index is 2.53. The van der Waals surface area contributed by atoms with E-state index in [1.807, 2.05) is 0 Å². The lowest BCUT2D eigenvalue weighted by Gasteiger charge is -2.69. The monoisotopic (exact) mass is 420 g/mol. The maximum atomic E-state index is 2.53. The van der Waals surface area contributed by atoms with Gasteiger partial charge in [-0.15, -0.1) is 0 Å². The third-order valence-electron chi connectivity index (χ3n) is 8.32. The van der Waals surface area contributed by atoms with E-state index in [4.69, 9.17) is 0 Å². The average molecular weight is 421 g/mol. The van der Waals surface area contributed by atoms with Crippen molar-refractivity contribution in [2.45, 2.75) is 125 Å². The minimum Gasteiger partial charge on any atom is -0.0599 e. The van der Waals surface area contributed by atoms with Gasteiger partial charge >= 0.3 is 0 Å². The molecule has 1 rings (SSSR count). The molecule has 0 heteroatoms. The zero-order valence-electron chi connectivity index (χ0n) is 24.5. The molecule has 1 fully saturated rings. The van der Waals surface area contributed by atoms with Crippen LogP contribution in [0.2, 0.25) is 0 Å². The van der Waals surface area contributed by atoms with Crippen LogP contribution < -0.4 is 0 Å². The average Bonchev–Trinajstić information content (AvgIpc) is 2.37. The van der Waals surface area contributed by atoms with Crippen LogP contribution in [0.15, 0.2) is 0 Å². The lowest BCUT2D eigenvalue weighted by atomic mass is 9.36. The van der Waals surface area contributed by atoms with Gasteiger partial charge in [0, 0.05) is 0 Å². The molecule has 1 saturated carbocycles. The molecule has 0 saturated heterocycles. The van der Waals surface area contributed by atoms with Crippen molar-refractivity contribution in [3.05, 3.63) is 0 Å². The first-order valence-corrected chi connectivity index (χ1v) is 12.7. The van der Waals surface area contributed by atoms with Gasteiger partial charge in [0.25, 0.3) is 0 Å². The fourth-order valence-corrected chi connectivity index (χ4v) is 7.80. The summed E-state index contributed by atoms with van der Waals surface area (Å²) in [6.07, 6.45) is 0. The Morgan fingerprint density at radius 1 is 0.200 bits per heavy atom. The van der Waals surface area contributed by atoms with Gasteiger partial charge in [-0.3, -0.25) is 0 Å². The van der Waals surface area contributed by atoms with Crippen LogP contribution in [0.4, 0.5) is 0 Å². The Bertz CT molecular complexity index is 413. The van der Waals surface area contributed by atoms with E-state index >= 15 is 0 Å². The highest BCUT2D eigenvalue weighted by Crippen LogP contribution is 2.69. The molecule has 0 unspecified atom stereocenters. The van der Waals surface area contributed by atoms with Crippen molar-refractivity contribution in [3.63, 3.8) is 0 Å². The molecule has 30 heavy (non-hydrogen) atoms. The van der Waals surface area contributed by atoms with Gasteiger partial charge in [-0.05, 0) is 68.0 Å². The van der Waals surface area contributed by atoms with E-state index in [1.54, 1.807) is 0 Å². The molecule has 0 bridgehead atoms. The summed E-state index contributed by atoms with van der Waals surface area (Å²) in [6, 6.07) is 0. The van der Waals surface area contributed by atoms with Gasteiger partial charge in [0.15, 0.2) is 0 Å². The van der Waals surface area contributed by atoms with E-state index < -0.39 is 0 Å². The van der Waals surface area contributed by atoms with Gasteiger partial charge in [-0.25, -0.2) is 0 Å². The summed E-state index contributed by atoms with van der Waals surface area (Å²) in [5, 5.41) is 0. The van der Waals surface area contributed by atoms with E-state index in [9.17, 15) is 0 Å². The summed E-state index contributed by atoms with van der Waals surface area (Å²) in [5.74, 6) is 4.19. The van der Waals surface area contributed by atoms with Crippen LogP contribution in [-0.2, 0) is 0 Å². The van der Waals surface area contributed by atoms with Crippen LogP contribution in [0, 0.1) is 68.0 Å². The molecule has 0 nitrogen and oxygen atoms in total. The number of hydrogen-bond donors (Lipinski definition) is 0. The molecule has 0 atom stereocenters.